The van der Waals surface area contributed by atoms with E-state index in [1.165, 1.54) is 5.56 Å². The topological polar surface area (TPSA) is 42.2 Å². The molecule has 0 radical (unpaired) electrons. The number of aryl methyl sites for hydroxylation is 1. The Morgan fingerprint density at radius 2 is 2.05 bits per heavy atom. The van der Waals surface area contributed by atoms with Crippen molar-refractivity contribution in [3.63, 3.8) is 0 Å². The predicted octanol–water partition coefficient (Wildman–Crippen LogP) is 3.98. The zero-order valence-corrected chi connectivity index (χ0v) is 12.9. The molecule has 0 amide bonds. The summed E-state index contributed by atoms with van der Waals surface area (Å²) in [7, 11) is 0. The molecular weight excluding hydrogens is 353 g/mol. The zero-order valence-electron chi connectivity index (χ0n) is 10.7. The van der Waals surface area contributed by atoms with Gasteiger partial charge in [0, 0.05) is 15.8 Å². The number of hydrogen-bond donors (Lipinski definition) is 1. The highest BCUT2D eigenvalue weighted by molar-refractivity contribution is 14.1. The number of carbonyl (C=O) groups is 1. The molecule has 0 fully saturated rings. The first-order valence-electron chi connectivity index (χ1n) is 6.22. The molecule has 0 spiro atoms. The van der Waals surface area contributed by atoms with Crippen LogP contribution >= 0.6 is 22.6 Å². The van der Waals surface area contributed by atoms with Gasteiger partial charge in [-0.15, -0.1) is 0 Å². The van der Waals surface area contributed by atoms with E-state index in [2.05, 4.69) is 41.6 Å². The normalized spacial score (nSPS) is 12.3. The fourth-order valence-corrected chi connectivity index (χ4v) is 2.74. The average Bonchev–Trinajstić information content (AvgIpc) is 2.79. The van der Waals surface area contributed by atoms with Crippen LogP contribution in [0.15, 0.2) is 42.6 Å². The summed E-state index contributed by atoms with van der Waals surface area (Å²) in [5.41, 5.74) is 1.65. The molecule has 0 saturated heterocycles. The smallest absolute Gasteiger partial charge is 0.352 e. The Balaban J connectivity index is 2.08. The number of hydrogen-bond acceptors (Lipinski definition) is 1. The minimum atomic E-state index is -0.866. The Morgan fingerprint density at radius 3 is 2.68 bits per heavy atom. The third-order valence-corrected chi connectivity index (χ3v) is 3.79. The maximum Gasteiger partial charge on any atom is 0.352 e. The molecular formula is C15H16INO2. The number of aromatic carboxylic acids is 1. The van der Waals surface area contributed by atoms with Crippen molar-refractivity contribution in [2.75, 3.05) is 0 Å². The van der Waals surface area contributed by atoms with Gasteiger partial charge in [0.25, 0.3) is 0 Å². The summed E-state index contributed by atoms with van der Waals surface area (Å²) >= 11 is 2.15. The molecule has 0 bridgehead atoms. The quantitative estimate of drug-likeness (QED) is 0.810. The second kappa shape index (κ2) is 6.23. The van der Waals surface area contributed by atoms with Crippen molar-refractivity contribution in [2.24, 2.45) is 0 Å². The number of aromatic nitrogens is 1. The van der Waals surface area contributed by atoms with Gasteiger partial charge in [-0.2, -0.15) is 0 Å². The van der Waals surface area contributed by atoms with Gasteiger partial charge in [-0.05, 0) is 54.0 Å². The van der Waals surface area contributed by atoms with Crippen molar-refractivity contribution in [1.82, 2.24) is 4.57 Å². The summed E-state index contributed by atoms with van der Waals surface area (Å²) in [6.45, 7) is 2.06. The molecule has 3 nitrogen and oxygen atoms in total. The van der Waals surface area contributed by atoms with Gasteiger partial charge >= 0.3 is 5.97 Å². The van der Waals surface area contributed by atoms with Crippen LogP contribution in [0.1, 0.15) is 35.4 Å². The highest BCUT2D eigenvalue weighted by atomic mass is 127. The molecule has 0 aliphatic carbocycles. The lowest BCUT2D eigenvalue weighted by Crippen LogP contribution is -2.12. The van der Waals surface area contributed by atoms with Gasteiger partial charge in [-0.25, -0.2) is 4.79 Å². The van der Waals surface area contributed by atoms with Gasteiger partial charge in [0.2, 0.25) is 0 Å². The Bertz CT molecular complexity index is 563. The minimum Gasteiger partial charge on any atom is -0.477 e. The lowest BCUT2D eigenvalue weighted by molar-refractivity contribution is 0.0682. The van der Waals surface area contributed by atoms with E-state index in [0.29, 0.717) is 5.69 Å². The zero-order chi connectivity index (χ0) is 13.8. The number of benzene rings is 1. The molecule has 1 atom stereocenters. The van der Waals surface area contributed by atoms with Crippen LogP contribution in [0.3, 0.4) is 0 Å². The van der Waals surface area contributed by atoms with E-state index in [9.17, 15) is 9.90 Å². The summed E-state index contributed by atoms with van der Waals surface area (Å²) < 4.78 is 2.81. The molecule has 100 valence electrons. The van der Waals surface area contributed by atoms with Gasteiger partial charge in [-0.1, -0.05) is 30.3 Å². The predicted molar refractivity (Wildman–Crippen MR) is 83.6 cm³/mol. The summed E-state index contributed by atoms with van der Waals surface area (Å²) in [6.07, 6.45) is 3.78. The van der Waals surface area contributed by atoms with E-state index >= 15 is 0 Å². The van der Waals surface area contributed by atoms with Crippen LogP contribution in [-0.2, 0) is 6.42 Å². The second-order valence-electron chi connectivity index (χ2n) is 4.63. The number of halogens is 1. The van der Waals surface area contributed by atoms with Gasteiger partial charge < -0.3 is 9.67 Å². The maximum atomic E-state index is 11.2. The third-order valence-electron chi connectivity index (χ3n) is 3.20. The van der Waals surface area contributed by atoms with Gasteiger partial charge in [-0.3, -0.25) is 0 Å². The first-order valence-corrected chi connectivity index (χ1v) is 7.30. The number of carboxylic acids is 1. The number of carboxylic acid groups (broad SMARTS) is 1. The van der Waals surface area contributed by atoms with Crippen molar-refractivity contribution < 1.29 is 9.90 Å². The molecule has 19 heavy (non-hydrogen) atoms. The fraction of sp³-hybridized carbons (Fsp3) is 0.267. The van der Waals surface area contributed by atoms with E-state index in [-0.39, 0.29) is 6.04 Å². The molecule has 4 heteroatoms. The van der Waals surface area contributed by atoms with Crippen molar-refractivity contribution in [3.8, 4) is 0 Å². The Morgan fingerprint density at radius 1 is 1.37 bits per heavy atom. The monoisotopic (exact) mass is 369 g/mol. The molecule has 0 aliphatic heterocycles. The first-order chi connectivity index (χ1) is 9.08. The van der Waals surface area contributed by atoms with Crippen LogP contribution in [0.25, 0.3) is 0 Å². The van der Waals surface area contributed by atoms with E-state index < -0.39 is 5.97 Å². The number of rotatable bonds is 5. The lowest BCUT2D eigenvalue weighted by Gasteiger charge is -2.15. The Labute approximate surface area is 126 Å². The largest absolute Gasteiger partial charge is 0.477 e. The molecule has 1 N–H and O–H groups in total. The van der Waals surface area contributed by atoms with Crippen LogP contribution in [0.5, 0.6) is 0 Å². The van der Waals surface area contributed by atoms with Crippen molar-refractivity contribution in [1.29, 1.82) is 0 Å². The van der Waals surface area contributed by atoms with Gasteiger partial charge in [0.1, 0.15) is 5.69 Å². The van der Waals surface area contributed by atoms with Crippen LogP contribution in [0, 0.1) is 3.57 Å². The standard InChI is InChI=1S/C15H16INO2/c1-11(7-8-12-5-3-2-4-6-12)17-10-13(16)9-14(17)15(18)19/h2-6,9-11H,7-8H2,1H3,(H,18,19). The first kappa shape index (κ1) is 14.1. The SMILES string of the molecule is CC(CCc1ccccc1)n1cc(I)cc1C(=O)O. The highest BCUT2D eigenvalue weighted by Gasteiger charge is 2.15. The van der Waals surface area contributed by atoms with E-state index in [1.807, 2.05) is 29.0 Å². The summed E-state index contributed by atoms with van der Waals surface area (Å²) in [4.78, 5) is 11.2. The third kappa shape index (κ3) is 3.59. The summed E-state index contributed by atoms with van der Waals surface area (Å²) in [5.74, 6) is -0.866. The molecule has 2 rings (SSSR count). The molecule has 1 aromatic heterocycles. The number of nitrogens with zero attached hydrogens (tertiary/aromatic N) is 1. The van der Waals surface area contributed by atoms with Gasteiger partial charge in [0.05, 0.1) is 0 Å². The molecule has 0 aliphatic rings. The Hall–Kier alpha value is -1.30. The maximum absolute atomic E-state index is 11.2. The van der Waals surface area contributed by atoms with Gasteiger partial charge in [0.15, 0.2) is 0 Å². The van der Waals surface area contributed by atoms with Crippen molar-refractivity contribution in [2.45, 2.75) is 25.8 Å². The molecule has 1 aromatic carbocycles. The van der Waals surface area contributed by atoms with E-state index in [4.69, 9.17) is 0 Å². The molecule has 0 saturated carbocycles. The second-order valence-corrected chi connectivity index (χ2v) is 5.87. The summed E-state index contributed by atoms with van der Waals surface area (Å²) in [5, 5.41) is 9.19. The lowest BCUT2D eigenvalue weighted by atomic mass is 10.1. The van der Waals surface area contributed by atoms with Crippen LogP contribution in [0.2, 0.25) is 0 Å². The van der Waals surface area contributed by atoms with Crippen LogP contribution in [0.4, 0.5) is 0 Å². The highest BCUT2D eigenvalue weighted by Crippen LogP contribution is 2.21. The van der Waals surface area contributed by atoms with Crippen molar-refractivity contribution >= 4 is 28.6 Å². The molecule has 2 aromatic rings. The molecule has 1 unspecified atom stereocenters. The van der Waals surface area contributed by atoms with E-state index in [1.54, 1.807) is 6.07 Å². The average molecular weight is 369 g/mol. The minimum absolute atomic E-state index is 0.176. The van der Waals surface area contributed by atoms with Crippen LogP contribution < -0.4 is 0 Å². The van der Waals surface area contributed by atoms with Crippen molar-refractivity contribution in [3.05, 3.63) is 57.4 Å². The Kier molecular flexibility index (Phi) is 4.63. The fourth-order valence-electron chi connectivity index (χ4n) is 2.14. The molecule has 1 heterocycles. The summed E-state index contributed by atoms with van der Waals surface area (Å²) in [6, 6.07) is 12.2. The van der Waals surface area contributed by atoms with E-state index in [0.717, 1.165) is 16.4 Å². The van der Waals surface area contributed by atoms with Crippen LogP contribution in [-0.4, -0.2) is 15.6 Å².